The van der Waals surface area contributed by atoms with Gasteiger partial charge in [-0.15, -0.1) is 0 Å². The average Bonchev–Trinajstić information content (AvgIpc) is 3.17. The van der Waals surface area contributed by atoms with Gasteiger partial charge in [0.2, 0.25) is 6.08 Å². The van der Waals surface area contributed by atoms with Gasteiger partial charge in [0, 0.05) is 0 Å². The molecule has 19 heavy (non-hydrogen) atoms. The molecule has 0 saturated heterocycles. The number of aliphatic imine (C=N–C) groups is 1. The van der Waals surface area contributed by atoms with Crippen LogP contribution in [0.5, 0.6) is 5.75 Å². The molecule has 3 nitrogen and oxygen atoms in total. The van der Waals surface area contributed by atoms with Crippen LogP contribution in [0.4, 0.5) is 0 Å². The Hall–Kier alpha value is -1.12. The van der Waals surface area contributed by atoms with E-state index in [-0.39, 0.29) is 5.54 Å². The van der Waals surface area contributed by atoms with Crippen LogP contribution in [0, 0.1) is 5.92 Å². The van der Waals surface area contributed by atoms with Crippen molar-refractivity contribution in [3.8, 4) is 5.75 Å². The van der Waals surface area contributed by atoms with Crippen LogP contribution in [0.15, 0.2) is 27.7 Å². The summed E-state index contributed by atoms with van der Waals surface area (Å²) in [5.41, 5.74) is 0.676. The van der Waals surface area contributed by atoms with E-state index >= 15 is 0 Å². The van der Waals surface area contributed by atoms with E-state index < -0.39 is 0 Å². The van der Waals surface area contributed by atoms with E-state index in [0.29, 0.717) is 0 Å². The molecule has 4 heteroatoms. The second-order valence-electron chi connectivity index (χ2n) is 5.46. The Kier molecular flexibility index (Phi) is 3.46. The molecule has 0 radical (unpaired) electrons. The summed E-state index contributed by atoms with van der Waals surface area (Å²) in [5.74, 6) is 1.58. The first-order valence-electron chi connectivity index (χ1n) is 6.76. The highest BCUT2D eigenvalue weighted by Crippen LogP contribution is 2.49. The van der Waals surface area contributed by atoms with Crippen LogP contribution in [-0.4, -0.2) is 12.7 Å². The Labute approximate surface area is 121 Å². The molecule has 1 aromatic rings. The minimum absolute atomic E-state index is 0.375. The highest BCUT2D eigenvalue weighted by atomic mass is 79.9. The van der Waals surface area contributed by atoms with Gasteiger partial charge in [-0.3, -0.25) is 0 Å². The van der Waals surface area contributed by atoms with Gasteiger partial charge in [0.05, 0.1) is 16.6 Å². The summed E-state index contributed by atoms with van der Waals surface area (Å²) in [4.78, 5) is 14.7. The van der Waals surface area contributed by atoms with Crippen LogP contribution >= 0.6 is 15.9 Å². The highest BCUT2D eigenvalue weighted by Gasteiger charge is 2.40. The fourth-order valence-electron chi connectivity index (χ4n) is 2.51. The zero-order chi connectivity index (χ0) is 13.3. The molecule has 0 unspecified atom stereocenters. The number of halogens is 1. The van der Waals surface area contributed by atoms with Crippen molar-refractivity contribution in [3.05, 3.63) is 28.2 Å². The van der Waals surface area contributed by atoms with Crippen LogP contribution in [0.1, 0.15) is 37.7 Å². The molecule has 3 rings (SSSR count). The van der Waals surface area contributed by atoms with Gasteiger partial charge in [0.15, 0.2) is 0 Å². The second kappa shape index (κ2) is 5.10. The quantitative estimate of drug-likeness (QED) is 0.608. The zero-order valence-electron chi connectivity index (χ0n) is 10.7. The number of hydrogen-bond acceptors (Lipinski definition) is 3. The molecule has 100 valence electrons. The lowest BCUT2D eigenvalue weighted by atomic mass is 9.72. The van der Waals surface area contributed by atoms with Crippen molar-refractivity contribution in [1.82, 2.24) is 0 Å². The molecule has 0 bridgehead atoms. The summed E-state index contributed by atoms with van der Waals surface area (Å²) in [7, 11) is 0. The van der Waals surface area contributed by atoms with E-state index in [4.69, 9.17) is 4.74 Å². The first kappa shape index (κ1) is 12.9. The number of ether oxygens (including phenoxy) is 1. The van der Waals surface area contributed by atoms with Gasteiger partial charge in [-0.05, 0) is 65.6 Å². The molecule has 0 amide bonds. The fraction of sp³-hybridized carbons (Fsp3) is 0.533. The van der Waals surface area contributed by atoms with Crippen molar-refractivity contribution in [1.29, 1.82) is 0 Å². The molecule has 2 fully saturated rings. The van der Waals surface area contributed by atoms with Gasteiger partial charge in [-0.2, -0.15) is 4.99 Å². The number of nitrogens with zero attached hydrogens (tertiary/aromatic N) is 1. The van der Waals surface area contributed by atoms with Crippen LogP contribution in [0.25, 0.3) is 0 Å². The Morgan fingerprint density at radius 1 is 1.42 bits per heavy atom. The highest BCUT2D eigenvalue weighted by molar-refractivity contribution is 9.10. The summed E-state index contributed by atoms with van der Waals surface area (Å²) in [6.45, 7) is 0.784. The van der Waals surface area contributed by atoms with Gasteiger partial charge in [0.25, 0.3) is 0 Å². The molecule has 0 aromatic heterocycles. The van der Waals surface area contributed by atoms with E-state index in [0.717, 1.165) is 47.6 Å². The molecular weight excluding hydrogens is 306 g/mol. The van der Waals surface area contributed by atoms with Crippen molar-refractivity contribution in [2.24, 2.45) is 10.9 Å². The van der Waals surface area contributed by atoms with Crippen LogP contribution in [0.2, 0.25) is 0 Å². The molecule has 2 saturated carbocycles. The van der Waals surface area contributed by atoms with Crippen molar-refractivity contribution in [3.63, 3.8) is 0 Å². The van der Waals surface area contributed by atoms with Crippen molar-refractivity contribution < 1.29 is 9.53 Å². The molecular formula is C15H16BrNO2. The normalized spacial score (nSPS) is 20.3. The predicted molar refractivity (Wildman–Crippen MR) is 76.0 cm³/mol. The largest absolute Gasteiger partial charge is 0.492 e. The lowest BCUT2D eigenvalue weighted by molar-refractivity contribution is 0.251. The lowest BCUT2D eigenvalue weighted by Gasteiger charge is -2.38. The summed E-state index contributed by atoms with van der Waals surface area (Å²) in [6.07, 6.45) is 7.20. The summed E-state index contributed by atoms with van der Waals surface area (Å²) >= 11 is 3.62. The van der Waals surface area contributed by atoms with Gasteiger partial charge in [0.1, 0.15) is 5.75 Å². The number of isocyanates is 1. The number of benzene rings is 1. The zero-order valence-corrected chi connectivity index (χ0v) is 12.3. The van der Waals surface area contributed by atoms with Crippen LogP contribution < -0.4 is 4.74 Å². The third-order valence-corrected chi connectivity index (χ3v) is 4.89. The number of carbonyl (C=O) groups excluding carboxylic acids is 1. The smallest absolute Gasteiger partial charge is 0.235 e. The summed E-state index contributed by atoms with van der Waals surface area (Å²) in [5, 5.41) is 0. The van der Waals surface area contributed by atoms with Crippen molar-refractivity contribution in [2.45, 2.75) is 37.6 Å². The number of rotatable bonds is 5. The number of hydrogen-bond donors (Lipinski definition) is 0. The summed E-state index contributed by atoms with van der Waals surface area (Å²) < 4.78 is 6.80. The van der Waals surface area contributed by atoms with Gasteiger partial charge < -0.3 is 4.74 Å². The van der Waals surface area contributed by atoms with Crippen molar-refractivity contribution >= 4 is 22.0 Å². The molecule has 0 N–H and O–H groups in total. The van der Waals surface area contributed by atoms with E-state index in [2.05, 4.69) is 20.9 Å². The predicted octanol–water partition coefficient (Wildman–Crippen LogP) is 3.95. The topological polar surface area (TPSA) is 38.7 Å². The summed E-state index contributed by atoms with van der Waals surface area (Å²) in [6, 6.07) is 5.96. The first-order valence-corrected chi connectivity index (χ1v) is 7.55. The molecule has 0 heterocycles. The Bertz CT molecular complexity index is 529. The maximum atomic E-state index is 10.7. The standard InChI is InChI=1S/C15H16BrNO2/c16-14-12(15(17-10-18)7-2-8-15)3-1-4-13(14)19-9-11-5-6-11/h1,3-4,11H,2,5-9H2. The second-order valence-corrected chi connectivity index (χ2v) is 6.25. The minimum Gasteiger partial charge on any atom is -0.492 e. The molecule has 0 atom stereocenters. The van der Waals surface area contributed by atoms with Crippen molar-refractivity contribution in [2.75, 3.05) is 6.61 Å². The van der Waals surface area contributed by atoms with E-state index in [1.54, 1.807) is 6.08 Å². The molecule has 0 aliphatic heterocycles. The van der Waals surface area contributed by atoms with E-state index in [1.807, 2.05) is 18.2 Å². The van der Waals surface area contributed by atoms with Gasteiger partial charge >= 0.3 is 0 Å². The maximum absolute atomic E-state index is 10.7. The SMILES string of the molecule is O=C=NC1(c2cccc(OCC3CC3)c2Br)CCC1. The third-order valence-electron chi connectivity index (χ3n) is 4.08. The van der Waals surface area contributed by atoms with E-state index in [1.165, 1.54) is 12.8 Å². The third kappa shape index (κ3) is 2.47. The van der Waals surface area contributed by atoms with Crippen LogP contribution in [-0.2, 0) is 10.3 Å². The molecule has 0 spiro atoms. The average molecular weight is 322 g/mol. The van der Waals surface area contributed by atoms with Gasteiger partial charge in [-0.1, -0.05) is 12.1 Å². The fourth-order valence-corrected chi connectivity index (χ4v) is 3.26. The van der Waals surface area contributed by atoms with Crippen LogP contribution in [0.3, 0.4) is 0 Å². The first-order chi connectivity index (χ1) is 9.25. The maximum Gasteiger partial charge on any atom is 0.235 e. The monoisotopic (exact) mass is 321 g/mol. The van der Waals surface area contributed by atoms with E-state index in [9.17, 15) is 4.79 Å². The lowest BCUT2D eigenvalue weighted by Crippen LogP contribution is -2.32. The Balaban J connectivity index is 1.88. The molecule has 2 aliphatic rings. The Morgan fingerprint density at radius 3 is 2.79 bits per heavy atom. The minimum atomic E-state index is -0.375. The Morgan fingerprint density at radius 2 is 2.21 bits per heavy atom. The molecule has 2 aliphatic carbocycles. The molecule has 1 aromatic carbocycles. The van der Waals surface area contributed by atoms with Gasteiger partial charge in [-0.25, -0.2) is 4.79 Å².